The van der Waals surface area contributed by atoms with Crippen molar-refractivity contribution in [3.05, 3.63) is 119 Å². The first-order valence-corrected chi connectivity index (χ1v) is 14.3. The Balaban J connectivity index is 1.41. The molecule has 0 amide bonds. The Kier molecular flexibility index (Phi) is 8.46. The van der Waals surface area contributed by atoms with E-state index in [9.17, 15) is 14.1 Å². The Morgan fingerprint density at radius 1 is 0.711 bits per heavy atom. The SMILES string of the molecule is Cc1ccc([S+]([O-])C(C)(C)C(=O)c2ccc(Sc3ccc(C(=O)c4ccc(N(C)C)cc4)cc3)cc2)cc1. The van der Waals surface area contributed by atoms with Gasteiger partial charge in [-0.2, -0.15) is 0 Å². The van der Waals surface area contributed by atoms with E-state index in [1.807, 2.05) is 111 Å². The lowest BCUT2D eigenvalue weighted by Gasteiger charge is -2.27. The topological polar surface area (TPSA) is 60.4 Å². The van der Waals surface area contributed by atoms with Gasteiger partial charge in [0.1, 0.15) is 0 Å². The van der Waals surface area contributed by atoms with E-state index >= 15 is 0 Å². The molecule has 1 atom stereocenters. The van der Waals surface area contributed by atoms with Gasteiger partial charge in [-0.15, -0.1) is 0 Å². The highest BCUT2D eigenvalue weighted by molar-refractivity contribution is 7.99. The molecule has 0 heterocycles. The highest BCUT2D eigenvalue weighted by Crippen LogP contribution is 2.32. The Morgan fingerprint density at radius 2 is 1.16 bits per heavy atom. The first-order valence-electron chi connectivity index (χ1n) is 12.3. The predicted octanol–water partition coefficient (Wildman–Crippen LogP) is 7.21. The zero-order valence-corrected chi connectivity index (χ0v) is 23.9. The summed E-state index contributed by atoms with van der Waals surface area (Å²) < 4.78 is 12.1. The molecule has 1 unspecified atom stereocenters. The third kappa shape index (κ3) is 6.21. The van der Waals surface area contributed by atoms with E-state index in [0.717, 1.165) is 21.0 Å². The third-order valence-electron chi connectivity index (χ3n) is 6.36. The Morgan fingerprint density at radius 3 is 1.63 bits per heavy atom. The molecule has 0 aliphatic carbocycles. The number of carbonyl (C=O) groups excluding carboxylic acids is 2. The standard InChI is InChI=1S/C32H31NO3S2/c1-22-6-20-29(21-7-22)38(36)32(2,3)31(35)25-12-18-28(19-13-25)37-27-16-10-24(11-17-27)30(34)23-8-14-26(15-9-23)33(4)5/h6-21H,1-5H3. The summed E-state index contributed by atoms with van der Waals surface area (Å²) in [6.07, 6.45) is 0. The first kappa shape index (κ1) is 27.7. The van der Waals surface area contributed by atoms with Crippen LogP contribution in [0, 0.1) is 6.92 Å². The number of hydrogen-bond acceptors (Lipinski definition) is 5. The number of hydrogen-bond donors (Lipinski definition) is 0. The van der Waals surface area contributed by atoms with Gasteiger partial charge in [0, 0.05) is 46.3 Å². The van der Waals surface area contributed by atoms with Crippen molar-refractivity contribution in [2.24, 2.45) is 0 Å². The second-order valence-corrected chi connectivity index (χ2v) is 13.0. The number of aryl methyl sites for hydroxylation is 1. The van der Waals surface area contributed by atoms with Crippen molar-refractivity contribution in [1.82, 2.24) is 0 Å². The fraction of sp³-hybridized carbons (Fsp3) is 0.188. The normalized spacial score (nSPS) is 12.2. The number of rotatable bonds is 9. The minimum Gasteiger partial charge on any atom is -0.611 e. The second-order valence-electron chi connectivity index (χ2n) is 9.84. The molecule has 0 saturated heterocycles. The van der Waals surface area contributed by atoms with Gasteiger partial charge in [0.05, 0.1) is 0 Å². The van der Waals surface area contributed by atoms with Crippen molar-refractivity contribution in [1.29, 1.82) is 0 Å². The summed E-state index contributed by atoms with van der Waals surface area (Å²) in [5, 5.41) is 0. The minimum atomic E-state index is -1.48. The van der Waals surface area contributed by atoms with E-state index in [1.165, 1.54) is 0 Å². The van der Waals surface area contributed by atoms with E-state index in [4.69, 9.17) is 0 Å². The highest BCUT2D eigenvalue weighted by atomic mass is 32.2. The van der Waals surface area contributed by atoms with Crippen molar-refractivity contribution in [2.45, 2.75) is 40.2 Å². The van der Waals surface area contributed by atoms with Gasteiger partial charge in [-0.1, -0.05) is 41.6 Å². The molecule has 0 aromatic heterocycles. The van der Waals surface area contributed by atoms with Gasteiger partial charge in [0.25, 0.3) is 0 Å². The van der Waals surface area contributed by atoms with Gasteiger partial charge in [-0.25, -0.2) is 0 Å². The molecular formula is C32H31NO3S2. The zero-order valence-electron chi connectivity index (χ0n) is 22.2. The van der Waals surface area contributed by atoms with E-state index < -0.39 is 15.9 Å². The average molecular weight is 542 g/mol. The largest absolute Gasteiger partial charge is 0.611 e. The van der Waals surface area contributed by atoms with Gasteiger partial charge >= 0.3 is 0 Å². The number of benzene rings is 4. The Hall–Kier alpha value is -3.32. The maximum atomic E-state index is 13.3. The zero-order chi connectivity index (χ0) is 27.4. The molecule has 38 heavy (non-hydrogen) atoms. The molecule has 0 saturated carbocycles. The van der Waals surface area contributed by atoms with E-state index in [2.05, 4.69) is 0 Å². The van der Waals surface area contributed by atoms with Crippen LogP contribution in [0.1, 0.15) is 45.7 Å². The van der Waals surface area contributed by atoms with Crippen LogP contribution in [0.5, 0.6) is 0 Å². The van der Waals surface area contributed by atoms with Crippen LogP contribution in [-0.4, -0.2) is 35.0 Å². The maximum Gasteiger partial charge on any atom is 0.217 e. The van der Waals surface area contributed by atoms with Crippen LogP contribution in [0.4, 0.5) is 5.69 Å². The van der Waals surface area contributed by atoms with Crippen LogP contribution in [0.25, 0.3) is 0 Å². The molecule has 6 heteroatoms. The van der Waals surface area contributed by atoms with E-state index in [0.29, 0.717) is 21.6 Å². The molecule has 0 fully saturated rings. The second kappa shape index (κ2) is 11.6. The minimum absolute atomic E-state index is 0.0136. The smallest absolute Gasteiger partial charge is 0.217 e. The fourth-order valence-electron chi connectivity index (χ4n) is 3.95. The third-order valence-corrected chi connectivity index (χ3v) is 9.19. The number of anilines is 1. The molecule has 4 nitrogen and oxygen atoms in total. The van der Waals surface area contributed by atoms with Crippen LogP contribution in [-0.2, 0) is 11.2 Å². The number of Topliss-reactive ketones (excluding diaryl/α,β-unsaturated/α-hetero) is 1. The lowest BCUT2D eigenvalue weighted by atomic mass is 10.0. The van der Waals surface area contributed by atoms with E-state index in [1.54, 1.807) is 37.7 Å². The first-order chi connectivity index (χ1) is 18.1. The molecule has 0 bridgehead atoms. The molecule has 4 aromatic rings. The quantitative estimate of drug-likeness (QED) is 0.165. The van der Waals surface area contributed by atoms with Crippen molar-refractivity contribution in [3.63, 3.8) is 0 Å². The van der Waals surface area contributed by atoms with Crippen molar-refractivity contribution >= 4 is 40.2 Å². The average Bonchev–Trinajstić information content (AvgIpc) is 2.93. The van der Waals surface area contributed by atoms with Gasteiger partial charge in [-0.3, -0.25) is 9.59 Å². The van der Waals surface area contributed by atoms with Crippen LogP contribution in [0.3, 0.4) is 0 Å². The van der Waals surface area contributed by atoms with Gasteiger partial charge < -0.3 is 9.45 Å². The lowest BCUT2D eigenvalue weighted by Crippen LogP contribution is -2.40. The van der Waals surface area contributed by atoms with Crippen LogP contribution >= 0.6 is 11.8 Å². The molecule has 0 aliphatic heterocycles. The predicted molar refractivity (Wildman–Crippen MR) is 157 cm³/mol. The Bertz CT molecular complexity index is 1410. The fourth-order valence-corrected chi connectivity index (χ4v) is 6.03. The van der Waals surface area contributed by atoms with Crippen molar-refractivity contribution in [2.75, 3.05) is 19.0 Å². The van der Waals surface area contributed by atoms with Gasteiger partial charge in [-0.05, 0) is 105 Å². The summed E-state index contributed by atoms with van der Waals surface area (Å²) in [5.74, 6) is -0.171. The molecule has 4 rings (SSSR count). The summed E-state index contributed by atoms with van der Waals surface area (Å²) in [6.45, 7) is 5.43. The number of ketones is 2. The summed E-state index contributed by atoms with van der Waals surface area (Å²) >= 11 is 0.0758. The maximum absolute atomic E-state index is 13.3. The van der Waals surface area contributed by atoms with E-state index in [-0.39, 0.29) is 11.6 Å². The molecule has 0 spiro atoms. The van der Waals surface area contributed by atoms with Gasteiger partial charge in [0.15, 0.2) is 15.4 Å². The van der Waals surface area contributed by atoms with Crippen LogP contribution in [0.2, 0.25) is 0 Å². The van der Waals surface area contributed by atoms with Crippen molar-refractivity contribution in [3.8, 4) is 0 Å². The molecular weight excluding hydrogens is 510 g/mol. The summed E-state index contributed by atoms with van der Waals surface area (Å²) in [5.41, 5.74) is 3.95. The molecule has 0 aliphatic rings. The van der Waals surface area contributed by atoms with Crippen LogP contribution < -0.4 is 4.90 Å². The highest BCUT2D eigenvalue weighted by Gasteiger charge is 2.41. The number of carbonyl (C=O) groups is 2. The summed E-state index contributed by atoms with van der Waals surface area (Å²) in [6, 6.07) is 29.9. The molecule has 0 radical (unpaired) electrons. The summed E-state index contributed by atoms with van der Waals surface area (Å²) in [7, 11) is 3.93. The molecule has 0 N–H and O–H groups in total. The lowest BCUT2D eigenvalue weighted by molar-refractivity contribution is 0.0952. The Labute approximate surface area is 232 Å². The van der Waals surface area contributed by atoms with Crippen LogP contribution in [0.15, 0.2) is 112 Å². The number of nitrogens with zero attached hydrogens (tertiary/aromatic N) is 1. The molecule has 194 valence electrons. The summed E-state index contributed by atoms with van der Waals surface area (Å²) in [4.78, 5) is 30.7. The van der Waals surface area contributed by atoms with Gasteiger partial charge in [0.2, 0.25) is 5.78 Å². The monoisotopic (exact) mass is 541 g/mol. The van der Waals surface area contributed by atoms with Crippen molar-refractivity contribution < 1.29 is 14.1 Å². The molecule has 4 aromatic carbocycles.